The summed E-state index contributed by atoms with van der Waals surface area (Å²) in [5, 5.41) is 9.57. The first-order chi connectivity index (χ1) is 22.9. The number of aromatic nitrogens is 2. The van der Waals surface area contributed by atoms with Crippen molar-refractivity contribution >= 4 is 64.8 Å². The van der Waals surface area contributed by atoms with E-state index in [4.69, 9.17) is 0 Å². The molecule has 0 bridgehead atoms. The van der Waals surface area contributed by atoms with Crippen molar-refractivity contribution in [3.8, 4) is 11.4 Å². The number of carbonyl (C=O) groups is 2. The van der Waals surface area contributed by atoms with Crippen molar-refractivity contribution in [1.82, 2.24) is 18.6 Å². The molecule has 0 fully saturated rings. The van der Waals surface area contributed by atoms with E-state index in [9.17, 15) is 26.4 Å². The van der Waals surface area contributed by atoms with Crippen molar-refractivity contribution in [2.45, 2.75) is 63.2 Å². The minimum absolute atomic E-state index is 0.134. The number of hydrogen-bond donors (Lipinski definition) is 2. The lowest BCUT2D eigenvalue weighted by atomic mass is 10.2. The lowest BCUT2D eigenvalue weighted by Gasteiger charge is -2.21. The van der Waals surface area contributed by atoms with Crippen LogP contribution in [-0.4, -0.2) is 73.4 Å². The van der Waals surface area contributed by atoms with Crippen LogP contribution in [0.4, 0.5) is 10.3 Å². The molecular formula is C32H40N6O6S4. The highest BCUT2D eigenvalue weighted by Crippen LogP contribution is 2.29. The van der Waals surface area contributed by atoms with Gasteiger partial charge in [0.25, 0.3) is 11.8 Å². The monoisotopic (exact) mass is 732 g/mol. The molecule has 2 aromatic carbocycles. The molecule has 0 spiro atoms. The van der Waals surface area contributed by atoms with E-state index >= 15 is 0 Å². The third kappa shape index (κ3) is 8.92. The normalized spacial score (nSPS) is 12.0. The van der Waals surface area contributed by atoms with Crippen molar-refractivity contribution in [3.05, 3.63) is 70.4 Å². The molecule has 0 unspecified atom stereocenters. The average Bonchev–Trinajstić information content (AvgIpc) is 3.74. The second-order valence-corrected chi connectivity index (χ2v) is 16.4. The van der Waals surface area contributed by atoms with Gasteiger partial charge >= 0.3 is 0 Å². The van der Waals surface area contributed by atoms with Crippen molar-refractivity contribution in [2.24, 2.45) is 0 Å². The minimum atomic E-state index is -3.65. The van der Waals surface area contributed by atoms with E-state index in [0.717, 1.165) is 0 Å². The maximum Gasteiger partial charge on any atom is 0.257 e. The molecule has 0 aliphatic carbocycles. The summed E-state index contributed by atoms with van der Waals surface area (Å²) in [5.41, 5.74) is 1.57. The van der Waals surface area contributed by atoms with E-state index < -0.39 is 31.9 Å². The predicted octanol–water partition coefficient (Wildman–Crippen LogP) is 6.39. The zero-order valence-corrected chi connectivity index (χ0v) is 30.6. The first-order valence-corrected chi connectivity index (χ1v) is 20.3. The lowest BCUT2D eigenvalue weighted by Crippen LogP contribution is -2.32. The molecule has 2 amide bonds. The van der Waals surface area contributed by atoms with Crippen molar-refractivity contribution in [1.29, 1.82) is 0 Å². The number of nitrogens with zero attached hydrogens (tertiary/aromatic N) is 4. The smallest absolute Gasteiger partial charge is 0.257 e. The molecule has 0 aliphatic heterocycles. The highest BCUT2D eigenvalue weighted by molar-refractivity contribution is 7.89. The third-order valence-electron chi connectivity index (χ3n) is 7.11. The molecule has 12 nitrogen and oxygen atoms in total. The number of thiazole rings is 2. The van der Waals surface area contributed by atoms with E-state index in [2.05, 4.69) is 20.6 Å². The Labute approximate surface area is 290 Å². The van der Waals surface area contributed by atoms with E-state index in [1.54, 1.807) is 10.8 Å². The highest BCUT2D eigenvalue weighted by Gasteiger charge is 2.25. The van der Waals surface area contributed by atoms with Crippen LogP contribution in [0.2, 0.25) is 0 Å². The molecule has 0 saturated carbocycles. The van der Waals surface area contributed by atoms with Crippen molar-refractivity contribution < 1.29 is 26.4 Å². The standard InChI is InChI=1S/C32H40N6O6S4/c1-5-17-37(18-6-2)47(41,42)25-13-9-23(10-14-25)29(39)35-31-33-27(21-45-31)28-22-46-32(34-28)36-30(40)24-11-15-26(16-12-24)48(43,44)38(19-7-3)20-8-4/h9-16,21-22H,5-8,17-20H2,1-4H3,(H,33,35,39)(H,34,36,40). The van der Waals surface area contributed by atoms with Gasteiger partial charge in [-0.05, 0) is 74.2 Å². The summed E-state index contributed by atoms with van der Waals surface area (Å²) in [6.07, 6.45) is 2.81. The van der Waals surface area contributed by atoms with Crippen LogP contribution in [0.5, 0.6) is 0 Å². The molecule has 0 atom stereocenters. The molecule has 4 rings (SSSR count). The number of anilines is 2. The molecule has 0 radical (unpaired) electrons. The van der Waals surface area contributed by atoms with Gasteiger partial charge in [0.05, 0.1) is 9.79 Å². The van der Waals surface area contributed by atoms with Gasteiger partial charge < -0.3 is 0 Å². The average molecular weight is 733 g/mol. The molecule has 16 heteroatoms. The Morgan fingerprint density at radius 1 is 0.583 bits per heavy atom. The zero-order chi connectivity index (χ0) is 34.9. The Kier molecular flexibility index (Phi) is 13.0. The second kappa shape index (κ2) is 16.7. The van der Waals surface area contributed by atoms with Crippen LogP contribution in [0.1, 0.15) is 74.1 Å². The Bertz CT molecular complexity index is 1750. The van der Waals surface area contributed by atoms with Gasteiger partial charge in [0, 0.05) is 48.1 Å². The summed E-state index contributed by atoms with van der Waals surface area (Å²) in [6.45, 7) is 9.42. The first kappa shape index (κ1) is 37.3. The highest BCUT2D eigenvalue weighted by atomic mass is 32.2. The predicted molar refractivity (Wildman–Crippen MR) is 191 cm³/mol. The maximum atomic E-state index is 13.0. The van der Waals surface area contributed by atoms with Crippen LogP contribution < -0.4 is 10.6 Å². The number of benzene rings is 2. The maximum absolute atomic E-state index is 13.0. The van der Waals surface area contributed by atoms with Crippen LogP contribution in [0.25, 0.3) is 11.4 Å². The van der Waals surface area contributed by atoms with Crippen molar-refractivity contribution in [2.75, 3.05) is 36.8 Å². The summed E-state index contributed by atoms with van der Waals surface area (Å²) >= 11 is 2.40. The summed E-state index contributed by atoms with van der Waals surface area (Å²) in [7, 11) is -7.31. The SMILES string of the molecule is CCCN(CCC)S(=O)(=O)c1ccc(C(=O)Nc2nc(-c3csc(NC(=O)c4ccc(S(=O)(=O)N(CCC)CCC)cc4)n3)cs2)cc1. The summed E-state index contributed by atoms with van der Waals surface area (Å²) in [4.78, 5) is 34.9. The zero-order valence-electron chi connectivity index (χ0n) is 27.3. The fourth-order valence-electron chi connectivity index (χ4n) is 4.79. The van der Waals surface area contributed by atoms with Gasteiger partial charge in [-0.3, -0.25) is 20.2 Å². The van der Waals surface area contributed by atoms with Crippen LogP contribution >= 0.6 is 22.7 Å². The molecule has 48 heavy (non-hydrogen) atoms. The van der Waals surface area contributed by atoms with E-state index in [0.29, 0.717) is 73.5 Å². The largest absolute Gasteiger partial charge is 0.298 e. The van der Waals surface area contributed by atoms with Gasteiger partial charge in [-0.15, -0.1) is 22.7 Å². The summed E-state index contributed by atoms with van der Waals surface area (Å²) < 4.78 is 55.0. The third-order valence-corrected chi connectivity index (χ3v) is 12.5. The molecule has 258 valence electrons. The Morgan fingerprint density at radius 2 is 0.896 bits per heavy atom. The second-order valence-electron chi connectivity index (χ2n) is 10.8. The van der Waals surface area contributed by atoms with Crippen LogP contribution in [0, 0.1) is 0 Å². The Balaban J connectivity index is 1.37. The number of nitrogens with one attached hydrogen (secondary N) is 2. The van der Waals surface area contributed by atoms with Gasteiger partial charge in [-0.25, -0.2) is 26.8 Å². The van der Waals surface area contributed by atoms with E-state index in [1.807, 2.05) is 27.7 Å². The number of rotatable bonds is 17. The number of sulfonamides is 2. The Morgan fingerprint density at radius 3 is 1.19 bits per heavy atom. The summed E-state index contributed by atoms with van der Waals surface area (Å²) in [6, 6.07) is 11.6. The van der Waals surface area contributed by atoms with Gasteiger partial charge in [-0.2, -0.15) is 8.61 Å². The lowest BCUT2D eigenvalue weighted by molar-refractivity contribution is 0.101. The van der Waals surface area contributed by atoms with Gasteiger partial charge in [0.1, 0.15) is 11.4 Å². The molecule has 0 saturated heterocycles. The van der Waals surface area contributed by atoms with Gasteiger partial charge in [-0.1, -0.05) is 27.7 Å². The number of amides is 2. The number of carbonyl (C=O) groups excluding carboxylic acids is 2. The summed E-state index contributed by atoms with van der Waals surface area (Å²) in [5.74, 6) is -0.875. The molecular weight excluding hydrogens is 693 g/mol. The molecule has 2 N–H and O–H groups in total. The number of hydrogen-bond acceptors (Lipinski definition) is 10. The fraction of sp³-hybridized carbons (Fsp3) is 0.375. The van der Waals surface area contributed by atoms with Gasteiger partial charge in [0.15, 0.2) is 10.3 Å². The van der Waals surface area contributed by atoms with Crippen molar-refractivity contribution in [3.63, 3.8) is 0 Å². The topological polar surface area (TPSA) is 159 Å². The first-order valence-electron chi connectivity index (χ1n) is 15.7. The molecule has 2 heterocycles. The van der Waals surface area contributed by atoms with Crippen LogP contribution in [0.15, 0.2) is 69.1 Å². The quantitative estimate of drug-likeness (QED) is 0.126. The Hall–Kier alpha value is -3.54. The van der Waals surface area contributed by atoms with Crippen LogP contribution in [-0.2, 0) is 20.0 Å². The van der Waals surface area contributed by atoms with E-state index in [1.165, 1.54) is 79.8 Å². The molecule has 2 aromatic heterocycles. The van der Waals surface area contributed by atoms with Crippen LogP contribution in [0.3, 0.4) is 0 Å². The molecule has 4 aromatic rings. The minimum Gasteiger partial charge on any atom is -0.298 e. The molecule has 0 aliphatic rings. The van der Waals surface area contributed by atoms with E-state index in [-0.39, 0.29) is 20.9 Å². The van der Waals surface area contributed by atoms with Gasteiger partial charge in [0.2, 0.25) is 20.0 Å². The fourth-order valence-corrected chi connectivity index (χ4v) is 9.44.